The summed E-state index contributed by atoms with van der Waals surface area (Å²) in [6.07, 6.45) is -10.7. The van der Waals surface area contributed by atoms with E-state index in [9.17, 15) is 44.3 Å². The normalized spacial score (nSPS) is 13.1. The molecule has 124 valence electrons. The van der Waals surface area contributed by atoms with Crippen molar-refractivity contribution in [3.63, 3.8) is 0 Å². The van der Waals surface area contributed by atoms with Gasteiger partial charge in [0.05, 0.1) is 5.56 Å². The Morgan fingerprint density at radius 2 is 1.64 bits per heavy atom. The molecule has 1 heterocycles. The number of rotatable bonds is 3. The molecule has 0 saturated carbocycles. The Labute approximate surface area is 115 Å². The lowest BCUT2D eigenvalue weighted by molar-refractivity contribution is -0.208. The minimum atomic E-state index is -5.55. The molecule has 0 atom stereocenters. The SMILES string of the molecule is O=C(OCC(F)(F)c1ncc(C(F)(F)F)cc1F)C(F)(F)F. The van der Waals surface area contributed by atoms with Crippen molar-refractivity contribution in [3.8, 4) is 0 Å². The summed E-state index contributed by atoms with van der Waals surface area (Å²) in [5, 5.41) is 0. The highest BCUT2D eigenvalue weighted by atomic mass is 19.4. The summed E-state index contributed by atoms with van der Waals surface area (Å²) in [5.41, 5.74) is -3.55. The van der Waals surface area contributed by atoms with Crippen LogP contribution in [0.1, 0.15) is 11.3 Å². The van der Waals surface area contributed by atoms with Crippen molar-refractivity contribution >= 4 is 5.97 Å². The number of nitrogens with zero attached hydrogens (tertiary/aromatic N) is 1. The van der Waals surface area contributed by atoms with Crippen molar-refractivity contribution < 1.29 is 49.0 Å². The zero-order chi connectivity index (χ0) is 17.3. The molecule has 1 rings (SSSR count). The second-order valence-electron chi connectivity index (χ2n) is 3.83. The predicted molar refractivity (Wildman–Crippen MR) is 50.1 cm³/mol. The van der Waals surface area contributed by atoms with Crippen molar-refractivity contribution in [2.24, 2.45) is 0 Å². The molecule has 0 aliphatic carbocycles. The molecule has 12 heteroatoms. The standard InChI is InChI=1S/C10H4F9NO2/c11-5-1-4(9(14,15)16)2-20-6(5)8(12,13)3-22-7(21)10(17,18)19/h1-2H,3H2. The molecule has 1 aromatic rings. The molecule has 0 amide bonds. The lowest BCUT2D eigenvalue weighted by Gasteiger charge is -2.17. The molecule has 0 radical (unpaired) electrons. The molecule has 0 bridgehead atoms. The van der Waals surface area contributed by atoms with Crippen molar-refractivity contribution in [2.75, 3.05) is 6.61 Å². The van der Waals surface area contributed by atoms with E-state index in [1.807, 2.05) is 0 Å². The van der Waals surface area contributed by atoms with E-state index in [1.54, 1.807) is 0 Å². The van der Waals surface area contributed by atoms with Gasteiger partial charge >= 0.3 is 24.2 Å². The van der Waals surface area contributed by atoms with E-state index in [4.69, 9.17) is 0 Å². The van der Waals surface area contributed by atoms with E-state index in [0.717, 1.165) is 0 Å². The summed E-state index contributed by atoms with van der Waals surface area (Å²) in [4.78, 5) is 12.8. The average Bonchev–Trinajstić information content (AvgIpc) is 2.33. The first kappa shape index (κ1) is 18.0. The van der Waals surface area contributed by atoms with Crippen LogP contribution in [0, 0.1) is 5.82 Å². The number of halogens is 9. The second kappa shape index (κ2) is 5.65. The number of ether oxygens (including phenoxy) is 1. The first-order valence-electron chi connectivity index (χ1n) is 5.10. The monoisotopic (exact) mass is 341 g/mol. The fourth-order valence-electron chi connectivity index (χ4n) is 1.17. The van der Waals surface area contributed by atoms with E-state index in [0.29, 0.717) is 0 Å². The first-order chi connectivity index (χ1) is 9.75. The van der Waals surface area contributed by atoms with Crippen LogP contribution >= 0.6 is 0 Å². The van der Waals surface area contributed by atoms with Crippen LogP contribution < -0.4 is 0 Å². The number of carbonyl (C=O) groups is 1. The molecule has 0 aromatic carbocycles. The van der Waals surface area contributed by atoms with Gasteiger partial charge in [-0.25, -0.2) is 9.18 Å². The van der Waals surface area contributed by atoms with Gasteiger partial charge in [-0.2, -0.15) is 35.1 Å². The number of carbonyl (C=O) groups excluding carboxylic acids is 1. The van der Waals surface area contributed by atoms with Crippen molar-refractivity contribution in [1.82, 2.24) is 4.98 Å². The fraction of sp³-hybridized carbons (Fsp3) is 0.400. The van der Waals surface area contributed by atoms with E-state index in [1.165, 1.54) is 0 Å². The molecule has 0 unspecified atom stereocenters. The molecule has 22 heavy (non-hydrogen) atoms. The van der Waals surface area contributed by atoms with Crippen LogP contribution in [-0.2, 0) is 21.6 Å². The third-order valence-corrected chi connectivity index (χ3v) is 2.13. The maximum atomic E-state index is 13.4. The molecule has 3 nitrogen and oxygen atoms in total. The van der Waals surface area contributed by atoms with Crippen LogP contribution in [0.2, 0.25) is 0 Å². The van der Waals surface area contributed by atoms with E-state index in [-0.39, 0.29) is 12.3 Å². The predicted octanol–water partition coefficient (Wildman–Crippen LogP) is 3.44. The number of hydrogen-bond donors (Lipinski definition) is 0. The summed E-state index contributed by atoms with van der Waals surface area (Å²) in [6, 6.07) is -0.304. The van der Waals surface area contributed by atoms with Gasteiger partial charge in [0.15, 0.2) is 12.4 Å². The summed E-state index contributed by atoms with van der Waals surface area (Å²) in [7, 11) is 0. The minimum absolute atomic E-state index is 0.127. The Morgan fingerprint density at radius 1 is 1.09 bits per heavy atom. The zero-order valence-corrected chi connectivity index (χ0v) is 10.0. The number of esters is 1. The van der Waals surface area contributed by atoms with E-state index < -0.39 is 47.9 Å². The highest BCUT2D eigenvalue weighted by Crippen LogP contribution is 2.34. The number of pyridine rings is 1. The average molecular weight is 341 g/mol. The summed E-state index contributed by atoms with van der Waals surface area (Å²) in [6.45, 7) is -2.24. The summed E-state index contributed by atoms with van der Waals surface area (Å²) in [5.74, 6) is -9.61. The van der Waals surface area contributed by atoms with Crippen LogP contribution in [-0.4, -0.2) is 23.7 Å². The Morgan fingerprint density at radius 3 is 2.05 bits per heavy atom. The van der Waals surface area contributed by atoms with Gasteiger partial charge in [-0.05, 0) is 6.07 Å². The molecular weight excluding hydrogens is 337 g/mol. The molecule has 0 spiro atoms. The molecule has 0 aliphatic heterocycles. The highest BCUT2D eigenvalue weighted by Gasteiger charge is 2.45. The Balaban J connectivity index is 2.96. The van der Waals surface area contributed by atoms with Gasteiger partial charge in [-0.3, -0.25) is 4.98 Å². The summed E-state index contributed by atoms with van der Waals surface area (Å²) >= 11 is 0. The largest absolute Gasteiger partial charge is 0.490 e. The van der Waals surface area contributed by atoms with Crippen LogP contribution in [0.25, 0.3) is 0 Å². The van der Waals surface area contributed by atoms with Crippen molar-refractivity contribution in [3.05, 3.63) is 29.3 Å². The van der Waals surface area contributed by atoms with Gasteiger partial charge < -0.3 is 4.74 Å². The second-order valence-corrected chi connectivity index (χ2v) is 3.83. The molecule has 0 aliphatic rings. The summed E-state index contributed by atoms with van der Waals surface area (Å²) < 4.78 is 115. The van der Waals surface area contributed by atoms with Gasteiger partial charge in [0.1, 0.15) is 5.69 Å². The number of hydrogen-bond acceptors (Lipinski definition) is 3. The topological polar surface area (TPSA) is 39.2 Å². The maximum Gasteiger partial charge on any atom is 0.490 e. The van der Waals surface area contributed by atoms with E-state index >= 15 is 0 Å². The molecular formula is C10H4F9NO2. The fourth-order valence-corrected chi connectivity index (χ4v) is 1.17. The van der Waals surface area contributed by atoms with E-state index in [2.05, 4.69) is 9.72 Å². The van der Waals surface area contributed by atoms with Gasteiger partial charge in [0, 0.05) is 6.20 Å². The Bertz CT molecular complexity index is 564. The molecule has 0 fully saturated rings. The van der Waals surface area contributed by atoms with Crippen LogP contribution in [0.15, 0.2) is 12.3 Å². The van der Waals surface area contributed by atoms with Crippen molar-refractivity contribution in [2.45, 2.75) is 18.3 Å². The molecule has 0 N–H and O–H groups in total. The zero-order valence-electron chi connectivity index (χ0n) is 10.0. The molecule has 1 aromatic heterocycles. The van der Waals surface area contributed by atoms with Gasteiger partial charge in [-0.1, -0.05) is 0 Å². The van der Waals surface area contributed by atoms with Gasteiger partial charge in [-0.15, -0.1) is 0 Å². The Kier molecular flexibility index (Phi) is 4.63. The Hall–Kier alpha value is -2.01. The van der Waals surface area contributed by atoms with Crippen LogP contribution in [0.4, 0.5) is 39.5 Å². The van der Waals surface area contributed by atoms with Gasteiger partial charge in [0.2, 0.25) is 0 Å². The van der Waals surface area contributed by atoms with Gasteiger partial charge in [0.25, 0.3) is 0 Å². The lowest BCUT2D eigenvalue weighted by Crippen LogP contribution is -2.32. The maximum absolute atomic E-state index is 13.4. The molecule has 0 saturated heterocycles. The third-order valence-electron chi connectivity index (χ3n) is 2.13. The van der Waals surface area contributed by atoms with Crippen LogP contribution in [0.3, 0.4) is 0 Å². The lowest BCUT2D eigenvalue weighted by atomic mass is 10.1. The minimum Gasteiger partial charge on any atom is -0.452 e. The number of aromatic nitrogens is 1. The van der Waals surface area contributed by atoms with Crippen LogP contribution in [0.5, 0.6) is 0 Å². The first-order valence-corrected chi connectivity index (χ1v) is 5.10. The number of alkyl halides is 8. The quantitative estimate of drug-likeness (QED) is 0.625. The smallest absolute Gasteiger partial charge is 0.452 e. The third kappa shape index (κ3) is 4.24. The van der Waals surface area contributed by atoms with Crippen molar-refractivity contribution in [1.29, 1.82) is 0 Å². The highest BCUT2D eigenvalue weighted by molar-refractivity contribution is 5.75.